The normalized spacial score (nSPS) is 15.5. The molecule has 0 saturated carbocycles. The Bertz CT molecular complexity index is 1850. The summed E-state index contributed by atoms with van der Waals surface area (Å²) < 4.78 is 56.8. The van der Waals surface area contributed by atoms with Crippen molar-refractivity contribution in [3.8, 4) is 23.0 Å². The summed E-state index contributed by atoms with van der Waals surface area (Å²) in [4.78, 5) is -0.292. The SMILES string of the molecule is Cc1ccc(S(=O)(=O)/C(C#N)=C/c2cn(-c3ccccc3)nc2-c2cccc(S(=O)(=O)N3CCC(C)CC3)c2)cc1. The van der Waals surface area contributed by atoms with Gasteiger partial charge in [0, 0.05) is 30.4 Å². The molecule has 0 radical (unpaired) electrons. The molecule has 1 fully saturated rings. The van der Waals surface area contributed by atoms with Crippen LogP contribution in [0.2, 0.25) is 0 Å². The first-order chi connectivity index (χ1) is 19.6. The van der Waals surface area contributed by atoms with Crippen LogP contribution in [0.1, 0.15) is 30.9 Å². The Hall–Kier alpha value is -4.04. The predicted octanol–water partition coefficient (Wildman–Crippen LogP) is 5.61. The second kappa shape index (κ2) is 11.4. The summed E-state index contributed by atoms with van der Waals surface area (Å²) in [5.41, 5.74) is 2.82. The number of hydrogen-bond acceptors (Lipinski definition) is 6. The second-order valence-electron chi connectivity index (χ2n) is 10.3. The van der Waals surface area contributed by atoms with Crippen LogP contribution in [-0.4, -0.2) is 44.0 Å². The fraction of sp³-hybridized carbons (Fsp3) is 0.226. The van der Waals surface area contributed by atoms with E-state index >= 15 is 0 Å². The van der Waals surface area contributed by atoms with E-state index in [9.17, 15) is 22.1 Å². The quantitative estimate of drug-likeness (QED) is 0.260. The Morgan fingerprint density at radius 2 is 1.61 bits per heavy atom. The Morgan fingerprint density at radius 1 is 0.927 bits per heavy atom. The lowest BCUT2D eigenvalue weighted by molar-refractivity contribution is 0.288. The average molecular weight is 587 g/mol. The van der Waals surface area contributed by atoms with E-state index in [2.05, 4.69) is 6.92 Å². The first-order valence-electron chi connectivity index (χ1n) is 13.3. The summed E-state index contributed by atoms with van der Waals surface area (Å²) in [6.07, 6.45) is 4.55. The van der Waals surface area contributed by atoms with Crippen molar-refractivity contribution < 1.29 is 16.8 Å². The maximum atomic E-state index is 13.5. The van der Waals surface area contributed by atoms with Crippen LogP contribution in [0.15, 0.2) is 99.8 Å². The van der Waals surface area contributed by atoms with Gasteiger partial charge >= 0.3 is 0 Å². The lowest BCUT2D eigenvalue weighted by Gasteiger charge is -2.29. The second-order valence-corrected chi connectivity index (χ2v) is 14.1. The van der Waals surface area contributed by atoms with E-state index in [1.165, 1.54) is 22.5 Å². The van der Waals surface area contributed by atoms with Crippen LogP contribution in [0.25, 0.3) is 23.0 Å². The number of piperidine rings is 1. The van der Waals surface area contributed by atoms with Crippen molar-refractivity contribution in [3.05, 3.63) is 101 Å². The molecule has 0 spiro atoms. The van der Waals surface area contributed by atoms with Gasteiger partial charge in [-0.1, -0.05) is 55.0 Å². The van der Waals surface area contributed by atoms with Crippen molar-refractivity contribution in [1.29, 1.82) is 5.26 Å². The van der Waals surface area contributed by atoms with Crippen molar-refractivity contribution in [2.45, 2.75) is 36.5 Å². The van der Waals surface area contributed by atoms with Gasteiger partial charge in [0.2, 0.25) is 19.9 Å². The van der Waals surface area contributed by atoms with Crippen molar-refractivity contribution in [2.24, 2.45) is 5.92 Å². The zero-order chi connectivity index (χ0) is 29.2. The minimum Gasteiger partial charge on any atom is -0.240 e. The van der Waals surface area contributed by atoms with Gasteiger partial charge in [0.1, 0.15) is 16.7 Å². The van der Waals surface area contributed by atoms with Gasteiger partial charge in [0.15, 0.2) is 0 Å². The van der Waals surface area contributed by atoms with Gasteiger partial charge in [-0.3, -0.25) is 0 Å². The van der Waals surface area contributed by atoms with Crippen LogP contribution in [-0.2, 0) is 19.9 Å². The number of aromatic nitrogens is 2. The van der Waals surface area contributed by atoms with E-state index < -0.39 is 24.8 Å². The molecule has 41 heavy (non-hydrogen) atoms. The lowest BCUT2D eigenvalue weighted by atomic mass is 10.0. The average Bonchev–Trinajstić information content (AvgIpc) is 3.41. The number of benzene rings is 3. The molecule has 4 aromatic rings. The summed E-state index contributed by atoms with van der Waals surface area (Å²) in [6, 6.07) is 23.9. The number of sulfone groups is 1. The highest BCUT2D eigenvalue weighted by Crippen LogP contribution is 2.31. The van der Waals surface area contributed by atoms with Crippen LogP contribution >= 0.6 is 0 Å². The molecule has 1 aliphatic heterocycles. The third kappa shape index (κ3) is 5.88. The van der Waals surface area contributed by atoms with E-state index in [0.29, 0.717) is 35.8 Å². The maximum Gasteiger partial charge on any atom is 0.243 e. The standard InChI is InChI=1S/C31H30N4O4S2/c1-23-11-13-28(14-12-23)40(36,37)30(21-32)20-26-22-35(27-8-4-3-5-9-27)33-31(26)25-7-6-10-29(19-25)41(38,39)34-17-15-24(2)16-18-34/h3-14,19-20,22,24H,15-18H2,1-2H3/b30-20+. The molecule has 0 unspecified atom stereocenters. The van der Waals surface area contributed by atoms with Crippen LogP contribution < -0.4 is 0 Å². The molecule has 210 valence electrons. The van der Waals surface area contributed by atoms with E-state index in [4.69, 9.17) is 5.10 Å². The highest BCUT2D eigenvalue weighted by molar-refractivity contribution is 7.95. The Kier molecular flexibility index (Phi) is 7.95. The molecule has 8 nitrogen and oxygen atoms in total. The number of nitrogens with zero attached hydrogens (tertiary/aromatic N) is 4. The van der Waals surface area contributed by atoms with Gasteiger partial charge in [-0.05, 0) is 68.2 Å². The largest absolute Gasteiger partial charge is 0.243 e. The summed E-state index contributed by atoms with van der Waals surface area (Å²) in [6.45, 7) is 4.90. The maximum absolute atomic E-state index is 13.5. The number of allylic oxidation sites excluding steroid dienone is 1. The van der Waals surface area contributed by atoms with Crippen molar-refractivity contribution in [2.75, 3.05) is 13.1 Å². The molecule has 1 saturated heterocycles. The van der Waals surface area contributed by atoms with E-state index in [-0.39, 0.29) is 9.79 Å². The summed E-state index contributed by atoms with van der Waals surface area (Å²) in [5, 5.41) is 14.6. The Labute approximate surface area is 241 Å². The van der Waals surface area contributed by atoms with E-state index in [0.717, 1.165) is 24.1 Å². The fourth-order valence-electron chi connectivity index (χ4n) is 4.76. The molecule has 2 heterocycles. The molecule has 1 aliphatic rings. The number of nitriles is 1. The van der Waals surface area contributed by atoms with Gasteiger partial charge in [-0.25, -0.2) is 21.5 Å². The first kappa shape index (κ1) is 28.5. The number of rotatable bonds is 7. The zero-order valence-electron chi connectivity index (χ0n) is 22.8. The van der Waals surface area contributed by atoms with Crippen LogP contribution in [0.3, 0.4) is 0 Å². The molecule has 0 N–H and O–H groups in total. The summed E-state index contributed by atoms with van der Waals surface area (Å²) in [7, 11) is -7.84. The first-order valence-corrected chi connectivity index (χ1v) is 16.2. The highest BCUT2D eigenvalue weighted by atomic mass is 32.2. The van der Waals surface area contributed by atoms with Crippen LogP contribution in [0.5, 0.6) is 0 Å². The molecule has 1 aromatic heterocycles. The number of sulfonamides is 1. The Morgan fingerprint density at radius 3 is 2.27 bits per heavy atom. The molecule has 5 rings (SSSR count). The zero-order valence-corrected chi connectivity index (χ0v) is 24.4. The lowest BCUT2D eigenvalue weighted by Crippen LogP contribution is -2.37. The van der Waals surface area contributed by atoms with E-state index in [1.807, 2.05) is 43.3 Å². The monoisotopic (exact) mass is 586 g/mol. The van der Waals surface area contributed by atoms with Gasteiger partial charge in [0.05, 0.1) is 15.5 Å². The molecule has 3 aromatic carbocycles. The minimum atomic E-state index is -4.11. The predicted molar refractivity (Wildman–Crippen MR) is 158 cm³/mol. The minimum absolute atomic E-state index is 0.0110. The fourth-order valence-corrected chi connectivity index (χ4v) is 7.43. The van der Waals surface area contributed by atoms with Crippen molar-refractivity contribution >= 4 is 25.9 Å². The third-order valence-electron chi connectivity index (χ3n) is 7.27. The number of aryl methyl sites for hydroxylation is 1. The summed E-state index contributed by atoms with van der Waals surface area (Å²) >= 11 is 0. The van der Waals surface area contributed by atoms with E-state index in [1.54, 1.807) is 47.3 Å². The van der Waals surface area contributed by atoms with Gasteiger partial charge in [-0.2, -0.15) is 14.7 Å². The Balaban J connectivity index is 1.62. The molecule has 0 atom stereocenters. The number of para-hydroxylation sites is 1. The topological polar surface area (TPSA) is 113 Å². The van der Waals surface area contributed by atoms with Gasteiger partial charge in [-0.15, -0.1) is 0 Å². The molecule has 0 bridgehead atoms. The number of hydrogen-bond donors (Lipinski definition) is 0. The molecular weight excluding hydrogens is 556 g/mol. The third-order valence-corrected chi connectivity index (χ3v) is 10.8. The molecule has 10 heteroatoms. The smallest absolute Gasteiger partial charge is 0.240 e. The summed E-state index contributed by atoms with van der Waals surface area (Å²) in [5.74, 6) is 0.481. The van der Waals surface area contributed by atoms with Gasteiger partial charge in [0.25, 0.3) is 0 Å². The van der Waals surface area contributed by atoms with Gasteiger partial charge < -0.3 is 0 Å². The molecule has 0 amide bonds. The molecule has 0 aliphatic carbocycles. The highest BCUT2D eigenvalue weighted by Gasteiger charge is 2.29. The van der Waals surface area contributed by atoms with Crippen LogP contribution in [0.4, 0.5) is 0 Å². The van der Waals surface area contributed by atoms with Crippen molar-refractivity contribution in [1.82, 2.24) is 14.1 Å². The van der Waals surface area contributed by atoms with Crippen molar-refractivity contribution in [3.63, 3.8) is 0 Å². The molecular formula is C31H30N4O4S2. The van der Waals surface area contributed by atoms with Crippen LogP contribution in [0, 0.1) is 24.2 Å².